The SMILES string of the molecule is CCNC(=NCC1(O)CCCC1)N1CC(C)CC(C)C1.I. The zero-order valence-corrected chi connectivity index (χ0v) is 16.1. The minimum atomic E-state index is -0.548. The van der Waals surface area contributed by atoms with Gasteiger partial charge in [-0.2, -0.15) is 0 Å². The number of aliphatic hydroxyl groups is 1. The fourth-order valence-electron chi connectivity index (χ4n) is 3.67. The molecule has 21 heavy (non-hydrogen) atoms. The van der Waals surface area contributed by atoms with Crippen molar-refractivity contribution in [1.82, 2.24) is 10.2 Å². The van der Waals surface area contributed by atoms with Crippen molar-refractivity contribution in [3.05, 3.63) is 0 Å². The predicted molar refractivity (Wildman–Crippen MR) is 99.3 cm³/mol. The average Bonchev–Trinajstić information content (AvgIpc) is 2.80. The van der Waals surface area contributed by atoms with Crippen molar-refractivity contribution < 1.29 is 5.11 Å². The third kappa shape index (κ3) is 5.58. The maximum absolute atomic E-state index is 10.5. The maximum atomic E-state index is 10.5. The molecule has 2 N–H and O–H groups in total. The maximum Gasteiger partial charge on any atom is 0.194 e. The van der Waals surface area contributed by atoms with Crippen LogP contribution in [0, 0.1) is 11.8 Å². The van der Waals surface area contributed by atoms with Gasteiger partial charge >= 0.3 is 0 Å². The Morgan fingerprint density at radius 2 is 1.81 bits per heavy atom. The second-order valence-corrected chi connectivity index (χ2v) is 6.95. The second kappa shape index (κ2) is 8.56. The van der Waals surface area contributed by atoms with Gasteiger partial charge in [-0.05, 0) is 38.0 Å². The molecule has 0 aromatic carbocycles. The van der Waals surface area contributed by atoms with Crippen molar-refractivity contribution in [3.8, 4) is 0 Å². The van der Waals surface area contributed by atoms with Crippen LogP contribution in [0.25, 0.3) is 0 Å². The van der Waals surface area contributed by atoms with Crippen LogP contribution in [0.15, 0.2) is 4.99 Å². The zero-order valence-electron chi connectivity index (χ0n) is 13.8. The zero-order chi connectivity index (χ0) is 14.6. The van der Waals surface area contributed by atoms with E-state index in [1.54, 1.807) is 0 Å². The number of rotatable bonds is 3. The van der Waals surface area contributed by atoms with Gasteiger partial charge in [0.2, 0.25) is 0 Å². The van der Waals surface area contributed by atoms with Gasteiger partial charge in [0, 0.05) is 19.6 Å². The van der Waals surface area contributed by atoms with Crippen LogP contribution >= 0.6 is 24.0 Å². The first-order chi connectivity index (χ1) is 9.52. The number of guanidine groups is 1. The number of hydrogen-bond donors (Lipinski definition) is 2. The van der Waals surface area contributed by atoms with E-state index < -0.39 is 5.60 Å². The second-order valence-electron chi connectivity index (χ2n) is 6.95. The van der Waals surface area contributed by atoms with Crippen molar-refractivity contribution >= 4 is 29.9 Å². The Balaban J connectivity index is 0.00000220. The number of nitrogens with one attached hydrogen (secondary N) is 1. The molecule has 4 nitrogen and oxygen atoms in total. The van der Waals surface area contributed by atoms with Crippen LogP contribution in [0.1, 0.15) is 52.9 Å². The van der Waals surface area contributed by atoms with Gasteiger partial charge in [0.25, 0.3) is 0 Å². The molecule has 1 heterocycles. The first kappa shape index (κ1) is 19.0. The molecule has 2 rings (SSSR count). The molecule has 0 amide bonds. The Labute approximate surface area is 146 Å². The van der Waals surface area contributed by atoms with Crippen molar-refractivity contribution in [2.24, 2.45) is 16.8 Å². The van der Waals surface area contributed by atoms with Crippen LogP contribution in [0.5, 0.6) is 0 Å². The number of aliphatic imine (C=N–C) groups is 1. The van der Waals surface area contributed by atoms with Crippen LogP contribution in [-0.4, -0.2) is 47.7 Å². The minimum Gasteiger partial charge on any atom is -0.388 e. The average molecular weight is 409 g/mol. The standard InChI is InChI=1S/C16H31N3O.HI/c1-4-17-15(18-12-16(20)7-5-6-8-16)19-10-13(2)9-14(3)11-19;/h13-14,20H,4-12H2,1-3H3,(H,17,18);1H. The Morgan fingerprint density at radius 3 is 2.33 bits per heavy atom. The molecule has 0 bridgehead atoms. The molecule has 2 fully saturated rings. The van der Waals surface area contributed by atoms with Gasteiger partial charge in [-0.3, -0.25) is 4.99 Å². The summed E-state index contributed by atoms with van der Waals surface area (Å²) in [5.74, 6) is 2.43. The molecule has 1 aliphatic carbocycles. The Bertz CT molecular complexity index is 332. The molecular weight excluding hydrogens is 377 g/mol. The molecule has 2 aliphatic rings. The summed E-state index contributed by atoms with van der Waals surface area (Å²) in [6.07, 6.45) is 5.39. The highest BCUT2D eigenvalue weighted by Gasteiger charge is 2.31. The Morgan fingerprint density at radius 1 is 1.24 bits per heavy atom. The van der Waals surface area contributed by atoms with Crippen LogP contribution in [0.2, 0.25) is 0 Å². The van der Waals surface area contributed by atoms with Gasteiger partial charge in [0.1, 0.15) is 0 Å². The van der Waals surface area contributed by atoms with Gasteiger partial charge in [-0.25, -0.2) is 0 Å². The van der Waals surface area contributed by atoms with E-state index in [4.69, 9.17) is 4.99 Å². The van der Waals surface area contributed by atoms with Gasteiger partial charge in [0.05, 0.1) is 12.1 Å². The molecule has 1 saturated heterocycles. The predicted octanol–water partition coefficient (Wildman–Crippen LogP) is 2.85. The lowest BCUT2D eigenvalue weighted by atomic mass is 9.92. The molecule has 2 unspecified atom stereocenters. The molecule has 124 valence electrons. The summed E-state index contributed by atoms with van der Waals surface area (Å²) in [6, 6.07) is 0. The third-order valence-electron chi connectivity index (χ3n) is 4.56. The van der Waals surface area contributed by atoms with Crippen molar-refractivity contribution in [1.29, 1.82) is 0 Å². The highest BCUT2D eigenvalue weighted by Crippen LogP contribution is 2.29. The van der Waals surface area contributed by atoms with E-state index in [1.165, 1.54) is 6.42 Å². The largest absolute Gasteiger partial charge is 0.388 e. The Hall–Kier alpha value is -0.0400. The first-order valence-corrected chi connectivity index (χ1v) is 8.28. The van der Waals surface area contributed by atoms with Crippen molar-refractivity contribution in [2.75, 3.05) is 26.2 Å². The van der Waals surface area contributed by atoms with E-state index in [0.717, 1.165) is 63.1 Å². The van der Waals surface area contributed by atoms with Crippen molar-refractivity contribution in [2.45, 2.75) is 58.5 Å². The first-order valence-electron chi connectivity index (χ1n) is 8.28. The van der Waals surface area contributed by atoms with Crippen molar-refractivity contribution in [3.63, 3.8) is 0 Å². The fourth-order valence-corrected chi connectivity index (χ4v) is 3.67. The number of halogens is 1. The van der Waals surface area contributed by atoms with Crippen LogP contribution < -0.4 is 5.32 Å². The van der Waals surface area contributed by atoms with E-state index in [2.05, 4.69) is 31.0 Å². The van der Waals surface area contributed by atoms with E-state index >= 15 is 0 Å². The summed E-state index contributed by atoms with van der Waals surface area (Å²) in [5.41, 5.74) is -0.548. The van der Waals surface area contributed by atoms with Crippen LogP contribution in [-0.2, 0) is 0 Å². The summed E-state index contributed by atoms with van der Waals surface area (Å²) in [7, 11) is 0. The third-order valence-corrected chi connectivity index (χ3v) is 4.56. The van der Waals surface area contributed by atoms with Crippen LogP contribution in [0.4, 0.5) is 0 Å². The van der Waals surface area contributed by atoms with E-state index in [9.17, 15) is 5.11 Å². The topological polar surface area (TPSA) is 47.9 Å². The molecule has 2 atom stereocenters. The molecule has 0 aromatic rings. The molecular formula is C16H32IN3O. The normalized spacial score (nSPS) is 29.1. The van der Waals surface area contributed by atoms with Gasteiger partial charge in [-0.1, -0.05) is 26.7 Å². The number of piperidine rings is 1. The minimum absolute atomic E-state index is 0. The highest BCUT2D eigenvalue weighted by atomic mass is 127. The molecule has 1 aliphatic heterocycles. The molecule has 0 aromatic heterocycles. The van der Waals surface area contributed by atoms with Crippen LogP contribution in [0.3, 0.4) is 0 Å². The number of hydrogen-bond acceptors (Lipinski definition) is 2. The molecule has 1 saturated carbocycles. The van der Waals surface area contributed by atoms with Gasteiger partial charge in [-0.15, -0.1) is 24.0 Å². The summed E-state index contributed by atoms with van der Waals surface area (Å²) in [5, 5.41) is 13.9. The lowest BCUT2D eigenvalue weighted by molar-refractivity contribution is 0.0570. The lowest BCUT2D eigenvalue weighted by Gasteiger charge is -2.37. The lowest BCUT2D eigenvalue weighted by Crippen LogP contribution is -2.49. The number of likely N-dealkylation sites (tertiary alicyclic amines) is 1. The molecule has 5 heteroatoms. The summed E-state index contributed by atoms with van der Waals surface area (Å²) in [6.45, 7) is 10.3. The monoisotopic (exact) mass is 409 g/mol. The van der Waals surface area contributed by atoms with Gasteiger partial charge < -0.3 is 15.3 Å². The highest BCUT2D eigenvalue weighted by molar-refractivity contribution is 14.0. The van der Waals surface area contributed by atoms with E-state index in [0.29, 0.717) is 6.54 Å². The number of nitrogens with zero attached hydrogens (tertiary/aromatic N) is 2. The summed E-state index contributed by atoms with van der Waals surface area (Å²) in [4.78, 5) is 7.12. The van der Waals surface area contributed by atoms with E-state index in [-0.39, 0.29) is 24.0 Å². The van der Waals surface area contributed by atoms with Gasteiger partial charge in [0.15, 0.2) is 5.96 Å². The fraction of sp³-hybridized carbons (Fsp3) is 0.938. The molecule has 0 radical (unpaired) electrons. The summed E-state index contributed by atoms with van der Waals surface area (Å²) >= 11 is 0. The summed E-state index contributed by atoms with van der Waals surface area (Å²) < 4.78 is 0. The molecule has 0 spiro atoms. The Kier molecular flexibility index (Phi) is 7.74. The van der Waals surface area contributed by atoms with E-state index in [1.807, 2.05) is 0 Å². The quantitative estimate of drug-likeness (QED) is 0.428. The smallest absolute Gasteiger partial charge is 0.194 e.